The smallest absolute Gasteiger partial charge is 0.326 e. The van der Waals surface area contributed by atoms with Crippen molar-refractivity contribution < 1.29 is 9.59 Å². The van der Waals surface area contributed by atoms with Crippen LogP contribution in [-0.4, -0.2) is 29.7 Å². The summed E-state index contributed by atoms with van der Waals surface area (Å²) in [5.74, 6) is -0.0716. The SMILES string of the molecule is CCc1ccc(NC(=O)NC(=O)c2cnc(NC)c(C(C)=N)c2)cc1CC. The first-order chi connectivity index (χ1) is 12.9. The minimum atomic E-state index is -0.614. The average molecular weight is 367 g/mol. The monoisotopic (exact) mass is 367 g/mol. The molecule has 0 aliphatic heterocycles. The Labute approximate surface area is 159 Å². The quantitative estimate of drug-likeness (QED) is 0.585. The Morgan fingerprint density at radius 3 is 2.41 bits per heavy atom. The molecule has 1 heterocycles. The number of nitrogens with zero attached hydrogens (tertiary/aromatic N) is 1. The van der Waals surface area contributed by atoms with E-state index in [2.05, 4.69) is 34.8 Å². The highest BCUT2D eigenvalue weighted by Crippen LogP contribution is 2.18. The van der Waals surface area contributed by atoms with E-state index in [9.17, 15) is 9.59 Å². The Balaban J connectivity index is 2.11. The van der Waals surface area contributed by atoms with Crippen LogP contribution in [0.15, 0.2) is 30.5 Å². The third-order valence-corrected chi connectivity index (χ3v) is 4.24. The number of hydrogen-bond donors (Lipinski definition) is 4. The first kappa shape index (κ1) is 20.1. The molecule has 0 saturated carbocycles. The highest BCUT2D eigenvalue weighted by atomic mass is 16.2. The molecule has 142 valence electrons. The van der Waals surface area contributed by atoms with Gasteiger partial charge in [-0.25, -0.2) is 9.78 Å². The van der Waals surface area contributed by atoms with Crippen LogP contribution < -0.4 is 16.0 Å². The predicted molar refractivity (Wildman–Crippen MR) is 108 cm³/mol. The van der Waals surface area contributed by atoms with Crippen LogP contribution in [0.2, 0.25) is 0 Å². The number of aromatic nitrogens is 1. The van der Waals surface area contributed by atoms with Crippen LogP contribution in [0.25, 0.3) is 0 Å². The molecule has 3 amide bonds. The fourth-order valence-corrected chi connectivity index (χ4v) is 2.79. The number of rotatable bonds is 6. The zero-order chi connectivity index (χ0) is 20.0. The second-order valence-corrected chi connectivity index (χ2v) is 6.09. The number of hydrogen-bond acceptors (Lipinski definition) is 5. The van der Waals surface area contributed by atoms with Gasteiger partial charge in [0.1, 0.15) is 5.82 Å². The normalized spacial score (nSPS) is 10.2. The molecule has 0 saturated heterocycles. The lowest BCUT2D eigenvalue weighted by atomic mass is 10.0. The molecule has 4 N–H and O–H groups in total. The lowest BCUT2D eigenvalue weighted by Gasteiger charge is -2.12. The molecule has 1 aromatic carbocycles. The van der Waals surface area contributed by atoms with Crippen molar-refractivity contribution in [2.24, 2.45) is 0 Å². The van der Waals surface area contributed by atoms with Gasteiger partial charge in [0, 0.05) is 30.2 Å². The van der Waals surface area contributed by atoms with Gasteiger partial charge >= 0.3 is 6.03 Å². The Hall–Kier alpha value is -3.22. The topological polar surface area (TPSA) is 107 Å². The van der Waals surface area contributed by atoms with Crippen molar-refractivity contribution in [3.8, 4) is 0 Å². The van der Waals surface area contributed by atoms with E-state index in [-0.39, 0.29) is 11.3 Å². The summed E-state index contributed by atoms with van der Waals surface area (Å²) in [6.45, 7) is 5.76. The minimum absolute atomic E-state index is 0.210. The molecule has 2 aromatic rings. The number of imide groups is 1. The number of amides is 3. The molecule has 0 aliphatic carbocycles. The van der Waals surface area contributed by atoms with Crippen molar-refractivity contribution in [1.29, 1.82) is 5.41 Å². The zero-order valence-electron chi connectivity index (χ0n) is 16.1. The second-order valence-electron chi connectivity index (χ2n) is 6.09. The van der Waals surface area contributed by atoms with E-state index in [4.69, 9.17) is 5.41 Å². The van der Waals surface area contributed by atoms with Crippen LogP contribution in [0.3, 0.4) is 0 Å². The van der Waals surface area contributed by atoms with Crippen molar-refractivity contribution in [3.05, 3.63) is 52.7 Å². The molecule has 1 aromatic heterocycles. The molecule has 0 unspecified atom stereocenters. The van der Waals surface area contributed by atoms with Gasteiger partial charge in [0.15, 0.2) is 0 Å². The number of anilines is 2. The number of aryl methyl sites for hydroxylation is 2. The van der Waals surface area contributed by atoms with Crippen LogP contribution >= 0.6 is 0 Å². The fourth-order valence-electron chi connectivity index (χ4n) is 2.79. The van der Waals surface area contributed by atoms with Gasteiger partial charge in [0.05, 0.1) is 5.56 Å². The minimum Gasteiger partial charge on any atom is -0.373 e. The summed E-state index contributed by atoms with van der Waals surface area (Å²) in [4.78, 5) is 28.6. The largest absolute Gasteiger partial charge is 0.373 e. The molecule has 27 heavy (non-hydrogen) atoms. The van der Waals surface area contributed by atoms with E-state index >= 15 is 0 Å². The average Bonchev–Trinajstić information content (AvgIpc) is 2.66. The van der Waals surface area contributed by atoms with Crippen molar-refractivity contribution >= 4 is 29.2 Å². The maximum absolute atomic E-state index is 12.3. The van der Waals surface area contributed by atoms with Crippen molar-refractivity contribution in [1.82, 2.24) is 10.3 Å². The molecule has 0 bridgehead atoms. The molecule has 2 rings (SSSR count). The van der Waals surface area contributed by atoms with Gasteiger partial charge in [-0.15, -0.1) is 0 Å². The van der Waals surface area contributed by atoms with E-state index in [1.54, 1.807) is 14.0 Å². The van der Waals surface area contributed by atoms with Crippen molar-refractivity contribution in [2.45, 2.75) is 33.6 Å². The van der Waals surface area contributed by atoms with Crippen molar-refractivity contribution in [3.63, 3.8) is 0 Å². The van der Waals surface area contributed by atoms with Gasteiger partial charge in [0.25, 0.3) is 5.91 Å². The highest BCUT2D eigenvalue weighted by Gasteiger charge is 2.14. The molecule has 7 heteroatoms. The number of carbonyl (C=O) groups is 2. The molecule has 0 aliphatic rings. The molecular weight excluding hydrogens is 342 g/mol. The fraction of sp³-hybridized carbons (Fsp3) is 0.300. The standard InChI is InChI=1S/C20H25N5O2/c1-5-13-7-8-16(9-14(13)6-2)24-20(27)25-19(26)15-10-17(12(3)21)18(22-4)23-11-15/h7-11,21H,5-6H2,1-4H3,(H,22,23)(H2,24,25,26,27). The van der Waals surface area contributed by atoms with E-state index in [1.807, 2.05) is 18.2 Å². The maximum atomic E-state index is 12.3. The highest BCUT2D eigenvalue weighted by molar-refractivity contribution is 6.09. The molecule has 0 spiro atoms. The Morgan fingerprint density at radius 1 is 1.11 bits per heavy atom. The van der Waals surface area contributed by atoms with E-state index in [0.29, 0.717) is 17.1 Å². The predicted octanol–water partition coefficient (Wildman–Crippen LogP) is 3.60. The summed E-state index contributed by atoms with van der Waals surface area (Å²) < 4.78 is 0. The molecular formula is C20H25N5O2. The summed E-state index contributed by atoms with van der Waals surface area (Å²) >= 11 is 0. The Kier molecular flexibility index (Phi) is 6.65. The Bertz CT molecular complexity index is 877. The maximum Gasteiger partial charge on any atom is 0.326 e. The number of carbonyl (C=O) groups excluding carboxylic acids is 2. The molecule has 0 atom stereocenters. The molecule has 7 nitrogen and oxygen atoms in total. The van der Waals surface area contributed by atoms with Crippen LogP contribution in [0.5, 0.6) is 0 Å². The Morgan fingerprint density at radius 2 is 1.81 bits per heavy atom. The summed E-state index contributed by atoms with van der Waals surface area (Å²) in [5.41, 5.74) is 4.03. The summed E-state index contributed by atoms with van der Waals surface area (Å²) in [5, 5.41) is 15.6. The summed E-state index contributed by atoms with van der Waals surface area (Å²) in [6.07, 6.45) is 3.17. The first-order valence-corrected chi connectivity index (χ1v) is 8.87. The summed E-state index contributed by atoms with van der Waals surface area (Å²) in [6, 6.07) is 6.65. The van der Waals surface area contributed by atoms with Crippen LogP contribution in [-0.2, 0) is 12.8 Å². The van der Waals surface area contributed by atoms with Gasteiger partial charge in [-0.05, 0) is 49.1 Å². The van der Waals surface area contributed by atoms with Crippen LogP contribution in [0.1, 0.15) is 47.8 Å². The summed E-state index contributed by atoms with van der Waals surface area (Å²) in [7, 11) is 1.69. The molecule has 0 radical (unpaired) electrons. The first-order valence-electron chi connectivity index (χ1n) is 8.87. The van der Waals surface area contributed by atoms with Gasteiger partial charge in [-0.1, -0.05) is 19.9 Å². The van der Waals surface area contributed by atoms with Crippen LogP contribution in [0, 0.1) is 5.41 Å². The van der Waals surface area contributed by atoms with Crippen LogP contribution in [0.4, 0.5) is 16.3 Å². The van der Waals surface area contributed by atoms with Gasteiger partial charge in [-0.3, -0.25) is 10.1 Å². The van der Waals surface area contributed by atoms with Gasteiger partial charge in [-0.2, -0.15) is 0 Å². The van der Waals surface area contributed by atoms with Gasteiger partial charge < -0.3 is 16.0 Å². The number of urea groups is 1. The lowest BCUT2D eigenvalue weighted by molar-refractivity contribution is 0.0967. The number of nitrogens with one attached hydrogen (secondary N) is 4. The van der Waals surface area contributed by atoms with Crippen molar-refractivity contribution in [2.75, 3.05) is 17.7 Å². The van der Waals surface area contributed by atoms with E-state index < -0.39 is 11.9 Å². The van der Waals surface area contributed by atoms with E-state index in [1.165, 1.54) is 23.4 Å². The van der Waals surface area contributed by atoms with Gasteiger partial charge in [0.2, 0.25) is 0 Å². The third-order valence-electron chi connectivity index (χ3n) is 4.24. The second kappa shape index (κ2) is 8.93. The third kappa shape index (κ3) is 4.91. The molecule has 0 fully saturated rings. The lowest BCUT2D eigenvalue weighted by Crippen LogP contribution is -2.34. The number of benzene rings is 1. The zero-order valence-corrected chi connectivity index (χ0v) is 16.1. The van der Waals surface area contributed by atoms with E-state index in [0.717, 1.165) is 12.8 Å². The number of pyridine rings is 1.